The van der Waals surface area contributed by atoms with Crippen LogP contribution >= 0.6 is 0 Å². The summed E-state index contributed by atoms with van der Waals surface area (Å²) in [6, 6.07) is 15.8. The second-order valence-corrected chi connectivity index (χ2v) is 12.1. The number of rotatable bonds is 4. The topological polar surface area (TPSA) is 136 Å². The van der Waals surface area contributed by atoms with E-state index in [1.165, 1.54) is 10.6 Å². The summed E-state index contributed by atoms with van der Waals surface area (Å²) in [6.07, 6.45) is 5.52. The Kier molecular flexibility index (Phi) is 5.26. The third-order valence-electron chi connectivity index (χ3n) is 7.79. The molecule has 39 heavy (non-hydrogen) atoms. The second kappa shape index (κ2) is 8.61. The summed E-state index contributed by atoms with van der Waals surface area (Å²) in [7, 11) is -3.28. The van der Waals surface area contributed by atoms with E-state index in [0.29, 0.717) is 49.5 Å². The van der Waals surface area contributed by atoms with E-state index in [1.807, 2.05) is 42.5 Å². The van der Waals surface area contributed by atoms with Gasteiger partial charge in [-0.1, -0.05) is 29.5 Å². The van der Waals surface area contributed by atoms with E-state index in [4.69, 9.17) is 4.98 Å². The SMILES string of the molecule is CS(=O)(=O)N1CCC2(CC1)C(=O)Nc1cc(-c3cnc4nnn(Cc5ccc6ncccc6c5)c4n3)ccc12. The molecule has 196 valence electrons. The molecule has 0 aliphatic carbocycles. The molecule has 0 saturated carbocycles. The molecule has 12 heteroatoms. The molecule has 1 N–H and O–H groups in total. The van der Waals surface area contributed by atoms with Crippen LogP contribution in [0.4, 0.5) is 5.69 Å². The highest BCUT2D eigenvalue weighted by atomic mass is 32.2. The van der Waals surface area contributed by atoms with Crippen molar-refractivity contribution in [2.45, 2.75) is 24.8 Å². The van der Waals surface area contributed by atoms with Crippen molar-refractivity contribution in [3.63, 3.8) is 0 Å². The predicted molar refractivity (Wildman–Crippen MR) is 145 cm³/mol. The first-order valence-corrected chi connectivity index (χ1v) is 14.5. The van der Waals surface area contributed by atoms with E-state index in [9.17, 15) is 13.2 Å². The fourth-order valence-corrected chi connectivity index (χ4v) is 6.53. The van der Waals surface area contributed by atoms with E-state index in [2.05, 4.69) is 31.7 Å². The highest BCUT2D eigenvalue weighted by Gasteiger charge is 2.49. The van der Waals surface area contributed by atoms with Gasteiger partial charge < -0.3 is 5.32 Å². The number of pyridine rings is 1. The summed E-state index contributed by atoms with van der Waals surface area (Å²) >= 11 is 0. The maximum absolute atomic E-state index is 13.1. The Bertz CT molecular complexity index is 1890. The van der Waals surface area contributed by atoms with Crippen molar-refractivity contribution in [1.29, 1.82) is 0 Å². The van der Waals surface area contributed by atoms with Gasteiger partial charge in [0.05, 0.1) is 35.6 Å². The van der Waals surface area contributed by atoms with Crippen molar-refractivity contribution >= 4 is 43.8 Å². The van der Waals surface area contributed by atoms with Crippen LogP contribution in [0.2, 0.25) is 0 Å². The van der Waals surface area contributed by atoms with Gasteiger partial charge in [0.1, 0.15) is 0 Å². The zero-order valence-electron chi connectivity index (χ0n) is 21.1. The number of carbonyl (C=O) groups excluding carboxylic acids is 1. The number of fused-ring (bicyclic) bond motifs is 4. The molecule has 0 atom stereocenters. The fraction of sp³-hybridized carbons (Fsp3) is 0.259. The minimum absolute atomic E-state index is 0.0859. The first kappa shape index (κ1) is 23.8. The lowest BCUT2D eigenvalue weighted by atomic mass is 9.74. The molecular formula is C27H24N8O3S. The van der Waals surface area contributed by atoms with E-state index in [-0.39, 0.29) is 5.91 Å². The number of hydrogen-bond acceptors (Lipinski definition) is 8. The Morgan fingerprint density at radius 1 is 1.05 bits per heavy atom. The summed E-state index contributed by atoms with van der Waals surface area (Å²) < 4.78 is 27.1. The number of sulfonamides is 1. The lowest BCUT2D eigenvalue weighted by Crippen LogP contribution is -2.47. The normalized spacial score (nSPS) is 17.1. The maximum Gasteiger partial charge on any atom is 0.235 e. The molecule has 11 nitrogen and oxygen atoms in total. The van der Waals surface area contributed by atoms with Crippen LogP contribution in [0, 0.1) is 0 Å². The van der Waals surface area contributed by atoms with Gasteiger partial charge in [-0.15, -0.1) is 5.10 Å². The quantitative estimate of drug-likeness (QED) is 0.368. The van der Waals surface area contributed by atoms with Gasteiger partial charge in [0, 0.05) is 35.9 Å². The van der Waals surface area contributed by atoms with Gasteiger partial charge >= 0.3 is 0 Å². The maximum atomic E-state index is 13.1. The lowest BCUT2D eigenvalue weighted by molar-refractivity contribution is -0.122. The van der Waals surface area contributed by atoms with Gasteiger partial charge in [-0.2, -0.15) is 0 Å². The molecule has 7 rings (SSSR count). The molecule has 1 spiro atoms. The van der Waals surface area contributed by atoms with Gasteiger partial charge in [-0.05, 0) is 48.2 Å². The van der Waals surface area contributed by atoms with Crippen LogP contribution in [0.15, 0.2) is 60.9 Å². The minimum Gasteiger partial charge on any atom is -0.325 e. The smallest absolute Gasteiger partial charge is 0.235 e. The number of nitrogens with one attached hydrogen (secondary N) is 1. The van der Waals surface area contributed by atoms with Crippen LogP contribution < -0.4 is 5.32 Å². The Morgan fingerprint density at radius 3 is 2.72 bits per heavy atom. The van der Waals surface area contributed by atoms with Crippen LogP contribution in [-0.2, 0) is 26.8 Å². The number of amides is 1. The van der Waals surface area contributed by atoms with Gasteiger partial charge in [-0.3, -0.25) is 9.78 Å². The van der Waals surface area contributed by atoms with Crippen molar-refractivity contribution in [3.8, 4) is 11.3 Å². The van der Waals surface area contributed by atoms with Crippen LogP contribution in [-0.4, -0.2) is 67.9 Å². The van der Waals surface area contributed by atoms with E-state index < -0.39 is 15.4 Å². The monoisotopic (exact) mass is 540 g/mol. The summed E-state index contributed by atoms with van der Waals surface area (Å²) in [6.45, 7) is 1.12. The molecule has 3 aromatic heterocycles. The van der Waals surface area contributed by atoms with Gasteiger partial charge in [0.2, 0.25) is 21.6 Å². The number of carbonyl (C=O) groups is 1. The van der Waals surface area contributed by atoms with Gasteiger partial charge in [-0.25, -0.2) is 27.4 Å². The van der Waals surface area contributed by atoms with Gasteiger partial charge in [0.15, 0.2) is 5.65 Å². The summed E-state index contributed by atoms with van der Waals surface area (Å²) in [5.41, 5.74) is 5.33. The number of anilines is 1. The van der Waals surface area contributed by atoms with Crippen molar-refractivity contribution in [1.82, 2.24) is 34.3 Å². The molecule has 0 radical (unpaired) electrons. The Labute approximate surface area is 224 Å². The second-order valence-electron chi connectivity index (χ2n) is 10.1. The first-order valence-electron chi connectivity index (χ1n) is 12.6. The number of nitrogens with zero attached hydrogens (tertiary/aromatic N) is 7. The lowest BCUT2D eigenvalue weighted by Gasteiger charge is -2.36. The first-order chi connectivity index (χ1) is 18.8. The molecular weight excluding hydrogens is 516 g/mol. The van der Waals surface area contributed by atoms with Crippen molar-refractivity contribution in [2.24, 2.45) is 0 Å². The molecule has 1 fully saturated rings. The van der Waals surface area contributed by atoms with E-state index >= 15 is 0 Å². The average molecular weight is 541 g/mol. The molecule has 0 bridgehead atoms. The number of piperidine rings is 1. The zero-order valence-corrected chi connectivity index (χ0v) is 21.9. The summed E-state index contributed by atoms with van der Waals surface area (Å²) in [4.78, 5) is 26.8. The summed E-state index contributed by atoms with van der Waals surface area (Å²) in [5, 5.41) is 12.5. The number of aromatic nitrogens is 6. The third kappa shape index (κ3) is 3.94. The van der Waals surface area contributed by atoms with Crippen LogP contribution in [0.3, 0.4) is 0 Å². The molecule has 0 unspecified atom stereocenters. The summed E-state index contributed by atoms with van der Waals surface area (Å²) in [5.74, 6) is -0.0859. The Balaban J connectivity index is 1.19. The molecule has 1 saturated heterocycles. The van der Waals surface area contributed by atoms with Crippen LogP contribution in [0.5, 0.6) is 0 Å². The van der Waals surface area contributed by atoms with Gasteiger partial charge in [0.25, 0.3) is 0 Å². The molecule has 5 heterocycles. The number of hydrogen-bond donors (Lipinski definition) is 1. The van der Waals surface area contributed by atoms with Crippen molar-refractivity contribution in [3.05, 3.63) is 72.1 Å². The largest absolute Gasteiger partial charge is 0.325 e. The predicted octanol–water partition coefficient (Wildman–Crippen LogP) is 2.73. The number of benzene rings is 2. The van der Waals surface area contributed by atoms with E-state index in [1.54, 1.807) is 17.1 Å². The van der Waals surface area contributed by atoms with Crippen molar-refractivity contribution < 1.29 is 13.2 Å². The Morgan fingerprint density at radius 2 is 1.90 bits per heavy atom. The van der Waals surface area contributed by atoms with E-state index in [0.717, 1.165) is 33.3 Å². The zero-order chi connectivity index (χ0) is 26.8. The highest BCUT2D eigenvalue weighted by Crippen LogP contribution is 2.46. The van der Waals surface area contributed by atoms with Crippen molar-refractivity contribution in [2.75, 3.05) is 24.7 Å². The van der Waals surface area contributed by atoms with Crippen LogP contribution in [0.1, 0.15) is 24.0 Å². The third-order valence-corrected chi connectivity index (χ3v) is 9.09. The van der Waals surface area contributed by atoms with Crippen LogP contribution in [0.25, 0.3) is 33.5 Å². The Hall–Kier alpha value is -4.29. The molecule has 5 aromatic rings. The molecule has 2 aromatic carbocycles. The molecule has 2 aliphatic heterocycles. The minimum atomic E-state index is -3.28. The molecule has 2 aliphatic rings. The fourth-order valence-electron chi connectivity index (χ4n) is 5.68. The molecule has 1 amide bonds. The highest BCUT2D eigenvalue weighted by molar-refractivity contribution is 7.88. The average Bonchev–Trinajstić information content (AvgIpc) is 3.45. The standard InChI is InChI=1S/C27H24N8O3S/c1-39(37,38)34-11-8-27(9-12-34)20-6-5-19(14-22(20)31-26(27)36)23-15-29-24-25(30-23)35(33-32-24)16-17-4-7-21-18(13-17)3-2-10-28-21/h2-7,10,13-15H,8-9,11-12,16H2,1H3,(H,31,36).